The summed E-state index contributed by atoms with van der Waals surface area (Å²) < 4.78 is 28.2. The molecule has 0 radical (unpaired) electrons. The number of aromatic nitrogens is 2. The first kappa shape index (κ1) is 29.9. The SMILES string of the molecule is Cc1ccc(C(=O)Nc2cc(C(C)(C)C)cc(NS(C)(=O)=O)c2C)cc1-n1cnc(C(=O)NCC(C)(C)C)c1. The highest BCUT2D eigenvalue weighted by Gasteiger charge is 2.21. The second-order valence-corrected chi connectivity index (χ2v) is 13.9. The van der Waals surface area contributed by atoms with Gasteiger partial charge in [-0.1, -0.05) is 47.6 Å². The fraction of sp³-hybridized carbons (Fsp3) is 0.414. The number of imidazole rings is 1. The van der Waals surface area contributed by atoms with Crippen LogP contribution < -0.4 is 15.4 Å². The van der Waals surface area contributed by atoms with E-state index < -0.39 is 10.0 Å². The van der Waals surface area contributed by atoms with Gasteiger partial charge in [0.2, 0.25) is 10.0 Å². The number of carbonyl (C=O) groups is 2. The molecule has 1 heterocycles. The van der Waals surface area contributed by atoms with E-state index in [1.807, 2.05) is 60.6 Å². The second kappa shape index (κ2) is 10.8. The average Bonchev–Trinajstić information content (AvgIpc) is 3.28. The van der Waals surface area contributed by atoms with Crippen molar-refractivity contribution in [1.82, 2.24) is 14.9 Å². The summed E-state index contributed by atoms with van der Waals surface area (Å²) >= 11 is 0. The minimum absolute atomic E-state index is 0.0527. The van der Waals surface area contributed by atoms with Crippen LogP contribution in [-0.4, -0.2) is 42.6 Å². The number of nitrogens with one attached hydrogen (secondary N) is 3. The second-order valence-electron chi connectivity index (χ2n) is 12.2. The Balaban J connectivity index is 1.92. The molecule has 0 aliphatic rings. The Morgan fingerprint density at radius 3 is 2.18 bits per heavy atom. The number of amides is 2. The standard InChI is InChI=1S/C29H39N5O4S/c1-18-10-11-20(12-25(18)34-15-24(31-17-34)27(36)30-16-28(3,4)5)26(35)32-22-13-21(29(6,7)8)14-23(19(22)2)33-39(9,37)38/h10-15,17,33H,16H2,1-9H3,(H,30,36)(H,32,35). The number of hydrogen-bond donors (Lipinski definition) is 3. The molecular weight excluding hydrogens is 514 g/mol. The van der Waals surface area contributed by atoms with Crippen LogP contribution in [0.1, 0.15) is 79.1 Å². The molecule has 0 fully saturated rings. The molecule has 39 heavy (non-hydrogen) atoms. The molecule has 0 spiro atoms. The van der Waals surface area contributed by atoms with Crippen LogP contribution in [0.25, 0.3) is 5.69 Å². The lowest BCUT2D eigenvalue weighted by Gasteiger charge is -2.23. The first-order chi connectivity index (χ1) is 17.8. The molecule has 0 saturated heterocycles. The van der Waals surface area contributed by atoms with Crippen LogP contribution in [0.3, 0.4) is 0 Å². The number of anilines is 2. The fourth-order valence-electron chi connectivity index (χ4n) is 3.81. The van der Waals surface area contributed by atoms with Gasteiger partial charge in [0.1, 0.15) is 12.0 Å². The van der Waals surface area contributed by atoms with Crippen molar-refractivity contribution in [2.24, 2.45) is 5.41 Å². The van der Waals surface area contributed by atoms with Gasteiger partial charge in [0, 0.05) is 24.0 Å². The van der Waals surface area contributed by atoms with Crippen molar-refractivity contribution >= 4 is 33.2 Å². The minimum Gasteiger partial charge on any atom is -0.350 e. The molecule has 0 aliphatic heterocycles. The summed E-state index contributed by atoms with van der Waals surface area (Å²) in [5.74, 6) is -0.609. The molecule has 0 atom stereocenters. The number of rotatable bonds is 7. The zero-order valence-electron chi connectivity index (χ0n) is 24.2. The van der Waals surface area contributed by atoms with Crippen LogP contribution in [0, 0.1) is 19.3 Å². The van der Waals surface area contributed by atoms with E-state index in [4.69, 9.17) is 0 Å². The molecule has 2 aromatic carbocycles. The number of carbonyl (C=O) groups excluding carboxylic acids is 2. The van der Waals surface area contributed by atoms with Gasteiger partial charge in [0.05, 0.1) is 17.6 Å². The van der Waals surface area contributed by atoms with E-state index in [2.05, 4.69) is 20.3 Å². The third kappa shape index (κ3) is 7.92. The lowest BCUT2D eigenvalue weighted by molar-refractivity contribution is 0.0934. The highest BCUT2D eigenvalue weighted by atomic mass is 32.2. The number of nitrogens with zero attached hydrogens (tertiary/aromatic N) is 2. The summed E-state index contributed by atoms with van der Waals surface area (Å²) in [6.07, 6.45) is 4.29. The van der Waals surface area contributed by atoms with Crippen molar-refractivity contribution in [3.8, 4) is 5.69 Å². The highest BCUT2D eigenvalue weighted by molar-refractivity contribution is 7.92. The molecule has 0 aliphatic carbocycles. The Labute approximate surface area is 231 Å². The molecule has 10 heteroatoms. The van der Waals surface area contributed by atoms with E-state index >= 15 is 0 Å². The monoisotopic (exact) mass is 553 g/mol. The van der Waals surface area contributed by atoms with Crippen molar-refractivity contribution in [3.05, 3.63) is 70.8 Å². The molecular formula is C29H39N5O4S. The normalized spacial score (nSPS) is 12.2. The summed E-state index contributed by atoms with van der Waals surface area (Å²) in [4.78, 5) is 30.2. The van der Waals surface area contributed by atoms with Gasteiger partial charge in [-0.3, -0.25) is 14.3 Å². The van der Waals surface area contributed by atoms with Gasteiger partial charge in [-0.2, -0.15) is 0 Å². The van der Waals surface area contributed by atoms with E-state index in [0.717, 1.165) is 17.4 Å². The van der Waals surface area contributed by atoms with Gasteiger partial charge in [0.15, 0.2) is 0 Å². The predicted octanol–water partition coefficient (Wildman–Crippen LogP) is 5.19. The van der Waals surface area contributed by atoms with Gasteiger partial charge in [0.25, 0.3) is 11.8 Å². The summed E-state index contributed by atoms with van der Waals surface area (Å²) in [5.41, 5.74) is 4.38. The maximum Gasteiger partial charge on any atom is 0.271 e. The van der Waals surface area contributed by atoms with E-state index in [1.54, 1.807) is 42.2 Å². The molecule has 2 amide bonds. The summed E-state index contributed by atoms with van der Waals surface area (Å²) in [6, 6.07) is 8.96. The summed E-state index contributed by atoms with van der Waals surface area (Å²) in [7, 11) is -3.52. The Morgan fingerprint density at radius 1 is 0.949 bits per heavy atom. The van der Waals surface area contributed by atoms with E-state index in [1.165, 1.54) is 0 Å². The van der Waals surface area contributed by atoms with Gasteiger partial charge in [-0.15, -0.1) is 0 Å². The number of benzene rings is 2. The van der Waals surface area contributed by atoms with Gasteiger partial charge >= 0.3 is 0 Å². The lowest BCUT2D eigenvalue weighted by atomic mass is 9.85. The molecule has 9 nitrogen and oxygen atoms in total. The number of hydrogen-bond acceptors (Lipinski definition) is 5. The number of sulfonamides is 1. The Kier molecular flexibility index (Phi) is 8.31. The molecule has 3 aromatic rings. The molecule has 3 N–H and O–H groups in total. The first-order valence-electron chi connectivity index (χ1n) is 12.7. The fourth-order valence-corrected chi connectivity index (χ4v) is 4.43. The average molecular weight is 554 g/mol. The van der Waals surface area contributed by atoms with Gasteiger partial charge in [-0.05, 0) is 65.6 Å². The zero-order chi connectivity index (χ0) is 29.3. The van der Waals surface area contributed by atoms with E-state index in [0.29, 0.717) is 34.7 Å². The molecule has 0 unspecified atom stereocenters. The smallest absolute Gasteiger partial charge is 0.271 e. The van der Waals surface area contributed by atoms with Crippen molar-refractivity contribution < 1.29 is 18.0 Å². The highest BCUT2D eigenvalue weighted by Crippen LogP contribution is 2.33. The quantitative estimate of drug-likeness (QED) is 0.372. The third-order valence-corrected chi connectivity index (χ3v) is 6.75. The van der Waals surface area contributed by atoms with Crippen LogP contribution in [0.2, 0.25) is 0 Å². The maximum absolute atomic E-state index is 13.4. The minimum atomic E-state index is -3.52. The van der Waals surface area contributed by atoms with Crippen molar-refractivity contribution in [2.75, 3.05) is 22.8 Å². The van der Waals surface area contributed by atoms with Crippen LogP contribution in [-0.2, 0) is 15.4 Å². The Morgan fingerprint density at radius 2 is 1.59 bits per heavy atom. The molecule has 0 saturated carbocycles. The predicted molar refractivity (Wildman–Crippen MR) is 156 cm³/mol. The van der Waals surface area contributed by atoms with Crippen molar-refractivity contribution in [3.63, 3.8) is 0 Å². The van der Waals surface area contributed by atoms with Crippen LogP contribution >= 0.6 is 0 Å². The lowest BCUT2D eigenvalue weighted by Crippen LogP contribution is -2.32. The Hall–Kier alpha value is -3.66. The van der Waals surface area contributed by atoms with Gasteiger partial charge < -0.3 is 15.2 Å². The summed E-state index contributed by atoms with van der Waals surface area (Å²) in [6.45, 7) is 16.4. The van der Waals surface area contributed by atoms with Crippen LogP contribution in [0.5, 0.6) is 0 Å². The molecule has 0 bridgehead atoms. The van der Waals surface area contributed by atoms with E-state index in [9.17, 15) is 18.0 Å². The largest absolute Gasteiger partial charge is 0.350 e. The van der Waals surface area contributed by atoms with Crippen molar-refractivity contribution in [1.29, 1.82) is 0 Å². The molecule has 210 valence electrons. The molecule has 3 rings (SSSR count). The third-order valence-electron chi connectivity index (χ3n) is 6.16. The Bertz CT molecular complexity index is 1510. The van der Waals surface area contributed by atoms with E-state index in [-0.39, 0.29) is 28.3 Å². The topological polar surface area (TPSA) is 122 Å². The number of aryl methyl sites for hydroxylation is 1. The summed E-state index contributed by atoms with van der Waals surface area (Å²) in [5, 5.41) is 5.85. The molecule has 1 aromatic heterocycles. The maximum atomic E-state index is 13.4. The van der Waals surface area contributed by atoms with Gasteiger partial charge in [-0.25, -0.2) is 13.4 Å². The van der Waals surface area contributed by atoms with Crippen molar-refractivity contribution in [2.45, 2.75) is 60.8 Å². The van der Waals surface area contributed by atoms with Crippen LogP contribution in [0.15, 0.2) is 42.9 Å². The van der Waals surface area contributed by atoms with Crippen LogP contribution in [0.4, 0.5) is 11.4 Å². The zero-order valence-corrected chi connectivity index (χ0v) is 25.0. The first-order valence-corrected chi connectivity index (χ1v) is 14.6.